The summed E-state index contributed by atoms with van der Waals surface area (Å²) in [4.78, 5) is 16.6. The second-order valence-corrected chi connectivity index (χ2v) is 5.96. The van der Waals surface area contributed by atoms with Crippen molar-refractivity contribution in [2.45, 2.75) is 0 Å². The fourth-order valence-electron chi connectivity index (χ4n) is 2.13. The highest BCUT2D eigenvalue weighted by Gasteiger charge is 2.14. The molecule has 4 nitrogen and oxygen atoms in total. The van der Waals surface area contributed by atoms with E-state index in [4.69, 9.17) is 4.74 Å². The Kier molecular flexibility index (Phi) is 5.20. The molecule has 2 aromatic carbocycles. The topological polar surface area (TPSA) is 51.2 Å². The van der Waals surface area contributed by atoms with E-state index in [1.54, 1.807) is 23.6 Å². The molecule has 0 fully saturated rings. The van der Waals surface area contributed by atoms with Crippen LogP contribution in [0.2, 0.25) is 0 Å². The van der Waals surface area contributed by atoms with Gasteiger partial charge in [-0.15, -0.1) is 11.3 Å². The molecule has 1 N–H and O–H groups in total. The van der Waals surface area contributed by atoms with Gasteiger partial charge in [0.2, 0.25) is 0 Å². The number of nitrogens with zero attached hydrogens (tertiary/aromatic N) is 1. The summed E-state index contributed by atoms with van der Waals surface area (Å²) in [6, 6.07) is 13.4. The van der Waals surface area contributed by atoms with Crippen molar-refractivity contribution in [2.24, 2.45) is 0 Å². The predicted octanol–water partition coefficient (Wildman–Crippen LogP) is 4.77. The van der Waals surface area contributed by atoms with Crippen molar-refractivity contribution in [2.75, 3.05) is 11.9 Å². The van der Waals surface area contributed by atoms with Gasteiger partial charge < -0.3 is 10.1 Å². The molecule has 0 atom stereocenters. The largest absolute Gasteiger partial charge is 0.490 e. The molecule has 1 heterocycles. The van der Waals surface area contributed by atoms with Crippen LogP contribution in [0.5, 0.6) is 5.75 Å². The molecule has 0 unspecified atom stereocenters. The van der Waals surface area contributed by atoms with Crippen LogP contribution < -0.4 is 10.1 Å². The molecule has 0 spiro atoms. The summed E-state index contributed by atoms with van der Waals surface area (Å²) in [6.45, 7) is 4.03. The normalized spacial score (nSPS) is 10.3. The quantitative estimate of drug-likeness (QED) is 0.649. The zero-order valence-electron chi connectivity index (χ0n) is 13.2. The summed E-state index contributed by atoms with van der Waals surface area (Å²) < 4.78 is 19.1. The molecule has 3 aromatic rings. The zero-order chi connectivity index (χ0) is 17.6. The highest BCUT2D eigenvalue weighted by atomic mass is 32.1. The lowest BCUT2D eigenvalue weighted by molar-refractivity contribution is 0.102. The third kappa shape index (κ3) is 4.10. The van der Waals surface area contributed by atoms with Gasteiger partial charge in [-0.3, -0.25) is 4.79 Å². The average Bonchev–Trinajstić information content (AvgIpc) is 3.12. The highest BCUT2D eigenvalue weighted by molar-refractivity contribution is 7.13. The van der Waals surface area contributed by atoms with E-state index in [2.05, 4.69) is 16.9 Å². The standard InChI is InChI=1S/C19H15FN2O2S/c1-2-10-24-14-7-5-6-13(11-14)19-22-17(12-25-19)18(23)21-16-9-4-3-8-15(16)20/h2-9,11-12H,1,10H2,(H,21,23). The number of carbonyl (C=O) groups excluding carboxylic acids is 1. The van der Waals surface area contributed by atoms with Crippen LogP contribution in [0.15, 0.2) is 66.6 Å². The van der Waals surface area contributed by atoms with Crippen LogP contribution in [0.3, 0.4) is 0 Å². The van der Waals surface area contributed by atoms with Gasteiger partial charge in [-0.05, 0) is 24.3 Å². The number of hydrogen-bond donors (Lipinski definition) is 1. The molecular formula is C19H15FN2O2S. The number of amides is 1. The van der Waals surface area contributed by atoms with Gasteiger partial charge in [0.25, 0.3) is 5.91 Å². The predicted molar refractivity (Wildman–Crippen MR) is 97.6 cm³/mol. The lowest BCUT2D eigenvalue weighted by Crippen LogP contribution is -2.13. The zero-order valence-corrected chi connectivity index (χ0v) is 14.1. The Labute approximate surface area is 148 Å². The Morgan fingerprint density at radius 1 is 1.28 bits per heavy atom. The minimum absolute atomic E-state index is 0.127. The molecule has 0 aliphatic rings. The summed E-state index contributed by atoms with van der Waals surface area (Å²) in [5, 5.41) is 4.85. The van der Waals surface area contributed by atoms with Gasteiger partial charge >= 0.3 is 0 Å². The van der Waals surface area contributed by atoms with Crippen molar-refractivity contribution in [3.05, 3.63) is 78.1 Å². The number of benzene rings is 2. The Morgan fingerprint density at radius 3 is 2.92 bits per heavy atom. The molecule has 3 rings (SSSR count). The Balaban J connectivity index is 1.77. The first kappa shape index (κ1) is 16.9. The number of nitrogens with one attached hydrogen (secondary N) is 1. The maximum Gasteiger partial charge on any atom is 0.275 e. The first-order valence-electron chi connectivity index (χ1n) is 7.53. The first-order valence-corrected chi connectivity index (χ1v) is 8.41. The average molecular weight is 354 g/mol. The summed E-state index contributed by atoms with van der Waals surface area (Å²) in [7, 11) is 0. The smallest absolute Gasteiger partial charge is 0.275 e. The number of halogens is 1. The second kappa shape index (κ2) is 7.72. The number of carbonyl (C=O) groups is 1. The van der Waals surface area contributed by atoms with Gasteiger partial charge in [0.15, 0.2) is 0 Å². The molecule has 1 amide bonds. The highest BCUT2D eigenvalue weighted by Crippen LogP contribution is 2.27. The van der Waals surface area contributed by atoms with E-state index in [1.165, 1.54) is 23.5 Å². The Morgan fingerprint density at radius 2 is 2.12 bits per heavy atom. The van der Waals surface area contributed by atoms with Crippen molar-refractivity contribution in [3.8, 4) is 16.3 Å². The van der Waals surface area contributed by atoms with Crippen LogP contribution in [0, 0.1) is 5.82 Å². The number of ether oxygens (including phenoxy) is 1. The van der Waals surface area contributed by atoms with E-state index in [0.29, 0.717) is 17.4 Å². The van der Waals surface area contributed by atoms with E-state index in [1.807, 2.05) is 24.3 Å². The van der Waals surface area contributed by atoms with E-state index in [0.717, 1.165) is 5.56 Å². The van der Waals surface area contributed by atoms with Crippen molar-refractivity contribution < 1.29 is 13.9 Å². The molecular weight excluding hydrogens is 339 g/mol. The number of para-hydroxylation sites is 1. The van der Waals surface area contributed by atoms with E-state index < -0.39 is 11.7 Å². The Bertz CT molecular complexity index is 908. The molecule has 6 heteroatoms. The maximum atomic E-state index is 13.6. The number of rotatable bonds is 6. The minimum Gasteiger partial charge on any atom is -0.490 e. The van der Waals surface area contributed by atoms with Crippen molar-refractivity contribution in [3.63, 3.8) is 0 Å². The molecule has 0 saturated heterocycles. The number of aromatic nitrogens is 1. The summed E-state index contributed by atoms with van der Waals surface area (Å²) >= 11 is 1.34. The van der Waals surface area contributed by atoms with Crippen LogP contribution in [0.1, 0.15) is 10.5 Å². The van der Waals surface area contributed by atoms with Crippen LogP contribution in [0.25, 0.3) is 10.6 Å². The Hall–Kier alpha value is -2.99. The third-order valence-corrected chi connectivity index (χ3v) is 4.20. The summed E-state index contributed by atoms with van der Waals surface area (Å²) in [6.07, 6.45) is 1.67. The van der Waals surface area contributed by atoms with Gasteiger partial charge in [0, 0.05) is 10.9 Å². The van der Waals surface area contributed by atoms with Crippen molar-refractivity contribution in [1.29, 1.82) is 0 Å². The SMILES string of the molecule is C=CCOc1cccc(-c2nc(C(=O)Nc3ccccc3F)cs2)c1. The van der Waals surface area contributed by atoms with Gasteiger partial charge in [0.05, 0.1) is 5.69 Å². The van der Waals surface area contributed by atoms with E-state index in [-0.39, 0.29) is 11.4 Å². The van der Waals surface area contributed by atoms with Crippen molar-refractivity contribution in [1.82, 2.24) is 4.98 Å². The van der Waals surface area contributed by atoms with Gasteiger partial charge in [-0.25, -0.2) is 9.37 Å². The van der Waals surface area contributed by atoms with Crippen LogP contribution in [-0.2, 0) is 0 Å². The fourth-order valence-corrected chi connectivity index (χ4v) is 2.93. The lowest BCUT2D eigenvalue weighted by Gasteiger charge is -2.05. The van der Waals surface area contributed by atoms with E-state index >= 15 is 0 Å². The molecule has 0 saturated carbocycles. The van der Waals surface area contributed by atoms with Crippen LogP contribution in [0.4, 0.5) is 10.1 Å². The molecule has 0 bridgehead atoms. The van der Waals surface area contributed by atoms with Crippen LogP contribution >= 0.6 is 11.3 Å². The summed E-state index contributed by atoms with van der Waals surface area (Å²) in [5.74, 6) is -0.241. The molecule has 25 heavy (non-hydrogen) atoms. The van der Waals surface area contributed by atoms with Crippen LogP contribution in [-0.4, -0.2) is 17.5 Å². The van der Waals surface area contributed by atoms with E-state index in [9.17, 15) is 9.18 Å². The number of hydrogen-bond acceptors (Lipinski definition) is 4. The monoisotopic (exact) mass is 354 g/mol. The molecule has 0 aliphatic heterocycles. The molecule has 126 valence electrons. The van der Waals surface area contributed by atoms with Gasteiger partial charge in [-0.2, -0.15) is 0 Å². The number of anilines is 1. The number of thiazole rings is 1. The fraction of sp³-hybridized carbons (Fsp3) is 0.0526. The van der Waals surface area contributed by atoms with Gasteiger partial charge in [0.1, 0.15) is 28.9 Å². The van der Waals surface area contributed by atoms with Crippen molar-refractivity contribution >= 4 is 22.9 Å². The molecule has 0 radical (unpaired) electrons. The lowest BCUT2D eigenvalue weighted by atomic mass is 10.2. The molecule has 0 aliphatic carbocycles. The van der Waals surface area contributed by atoms with Gasteiger partial charge in [-0.1, -0.05) is 36.9 Å². The molecule has 1 aromatic heterocycles. The minimum atomic E-state index is -0.488. The third-order valence-electron chi connectivity index (χ3n) is 3.31. The second-order valence-electron chi connectivity index (χ2n) is 5.10. The summed E-state index contributed by atoms with van der Waals surface area (Å²) in [5.41, 5.74) is 1.21. The first-order chi connectivity index (χ1) is 12.2. The maximum absolute atomic E-state index is 13.6.